The zero-order valence-corrected chi connectivity index (χ0v) is 16.3. The Morgan fingerprint density at radius 3 is 2.12 bits per heavy atom. The fraction of sp³-hybridized carbons (Fsp3) is 0.417. The summed E-state index contributed by atoms with van der Waals surface area (Å²) in [6, 6.07) is 15.2. The summed E-state index contributed by atoms with van der Waals surface area (Å²) < 4.78 is 12.6. The molecule has 0 aromatic heterocycles. The number of ether oxygens (including phenoxy) is 2. The number of benzene rings is 3. The van der Waals surface area contributed by atoms with Gasteiger partial charge in [0.2, 0.25) is 0 Å². The summed E-state index contributed by atoms with van der Waals surface area (Å²) in [5.41, 5.74) is 1.25. The Bertz CT molecular complexity index is 867. The Balaban J connectivity index is 2.22. The molecule has 0 amide bonds. The van der Waals surface area contributed by atoms with Crippen LogP contribution in [-0.4, -0.2) is 13.2 Å². The van der Waals surface area contributed by atoms with Gasteiger partial charge in [-0.1, -0.05) is 70.0 Å². The maximum absolute atomic E-state index is 6.34. The third-order valence-electron chi connectivity index (χ3n) is 4.88. The quantitative estimate of drug-likeness (QED) is 0.308. The van der Waals surface area contributed by atoms with Crippen LogP contribution in [0.25, 0.3) is 21.5 Å². The topological polar surface area (TPSA) is 18.5 Å². The maximum Gasteiger partial charge on any atom is 0.138 e. The van der Waals surface area contributed by atoms with Crippen LogP contribution in [-0.2, 0) is 6.42 Å². The van der Waals surface area contributed by atoms with E-state index < -0.39 is 0 Å². The highest BCUT2D eigenvalue weighted by atomic mass is 16.5. The van der Waals surface area contributed by atoms with Gasteiger partial charge in [-0.3, -0.25) is 0 Å². The summed E-state index contributed by atoms with van der Waals surface area (Å²) in [6.07, 6.45) is 5.35. The van der Waals surface area contributed by atoms with Gasteiger partial charge in [0.1, 0.15) is 11.5 Å². The third-order valence-corrected chi connectivity index (χ3v) is 4.88. The molecule has 0 aliphatic carbocycles. The van der Waals surface area contributed by atoms with Gasteiger partial charge in [0.05, 0.1) is 18.6 Å². The molecule has 0 spiro atoms. The molecule has 0 aliphatic rings. The first-order valence-corrected chi connectivity index (χ1v) is 10.0. The van der Waals surface area contributed by atoms with Crippen molar-refractivity contribution >= 4 is 21.5 Å². The summed E-state index contributed by atoms with van der Waals surface area (Å²) in [5.74, 6) is 1.99. The fourth-order valence-electron chi connectivity index (χ4n) is 3.36. The van der Waals surface area contributed by atoms with E-state index in [2.05, 4.69) is 63.2 Å². The minimum Gasteiger partial charge on any atom is -0.493 e. The van der Waals surface area contributed by atoms with Crippen molar-refractivity contribution < 1.29 is 9.47 Å². The molecular formula is C24H30O2. The third kappa shape index (κ3) is 3.80. The van der Waals surface area contributed by atoms with Gasteiger partial charge < -0.3 is 9.47 Å². The zero-order chi connectivity index (χ0) is 18.4. The second kappa shape index (κ2) is 8.93. The van der Waals surface area contributed by atoms with E-state index in [0.29, 0.717) is 0 Å². The number of rotatable bonds is 9. The van der Waals surface area contributed by atoms with Crippen LogP contribution in [0.2, 0.25) is 0 Å². The minimum atomic E-state index is 0.740. The van der Waals surface area contributed by atoms with Crippen LogP contribution in [0, 0.1) is 0 Å². The lowest BCUT2D eigenvalue weighted by Gasteiger charge is -2.19. The molecule has 0 N–H and O–H groups in total. The standard InChI is InChI=1S/C24H30O2/c1-4-7-15-25-23-18(6-3)13-14-20-17-19-11-9-10-12-21(19)24(22(20)23)26-16-8-5-2/h9-14,17H,4-8,15-16H2,1-3H3. The molecule has 0 saturated heterocycles. The molecule has 0 heterocycles. The number of aryl methyl sites for hydroxylation is 1. The van der Waals surface area contributed by atoms with E-state index in [9.17, 15) is 0 Å². The van der Waals surface area contributed by atoms with Gasteiger partial charge in [-0.25, -0.2) is 0 Å². The number of unbranched alkanes of at least 4 members (excludes halogenated alkanes) is 2. The van der Waals surface area contributed by atoms with Gasteiger partial charge in [-0.05, 0) is 41.7 Å². The molecule has 3 aromatic rings. The minimum absolute atomic E-state index is 0.740. The maximum atomic E-state index is 6.34. The van der Waals surface area contributed by atoms with E-state index in [4.69, 9.17) is 9.47 Å². The lowest BCUT2D eigenvalue weighted by atomic mass is 9.98. The van der Waals surface area contributed by atoms with Crippen LogP contribution in [0.15, 0.2) is 42.5 Å². The summed E-state index contributed by atoms with van der Waals surface area (Å²) in [4.78, 5) is 0. The summed E-state index contributed by atoms with van der Waals surface area (Å²) >= 11 is 0. The summed E-state index contributed by atoms with van der Waals surface area (Å²) in [5, 5.41) is 4.72. The largest absolute Gasteiger partial charge is 0.493 e. The van der Waals surface area contributed by atoms with E-state index in [1.807, 2.05) is 0 Å². The molecule has 3 aromatic carbocycles. The van der Waals surface area contributed by atoms with Gasteiger partial charge >= 0.3 is 0 Å². The second-order valence-corrected chi connectivity index (χ2v) is 6.84. The average Bonchev–Trinajstić information content (AvgIpc) is 2.67. The predicted octanol–water partition coefficient (Wildman–Crippen LogP) is 6.91. The van der Waals surface area contributed by atoms with Crippen molar-refractivity contribution in [3.05, 3.63) is 48.0 Å². The van der Waals surface area contributed by atoms with Crippen LogP contribution in [0.1, 0.15) is 52.0 Å². The first-order valence-electron chi connectivity index (χ1n) is 10.0. The molecule has 26 heavy (non-hydrogen) atoms. The Morgan fingerprint density at radius 1 is 0.731 bits per heavy atom. The van der Waals surface area contributed by atoms with Gasteiger partial charge in [0, 0.05) is 5.39 Å². The molecule has 0 unspecified atom stereocenters. The lowest BCUT2D eigenvalue weighted by Crippen LogP contribution is -2.03. The highest BCUT2D eigenvalue weighted by molar-refractivity contribution is 6.08. The smallest absolute Gasteiger partial charge is 0.138 e. The highest BCUT2D eigenvalue weighted by Gasteiger charge is 2.16. The SMILES string of the molecule is CCCCOc1c(CC)ccc2cc3ccccc3c(OCCCC)c12. The zero-order valence-electron chi connectivity index (χ0n) is 16.3. The van der Waals surface area contributed by atoms with E-state index in [-0.39, 0.29) is 0 Å². The average molecular weight is 351 g/mol. The van der Waals surface area contributed by atoms with Gasteiger partial charge in [-0.2, -0.15) is 0 Å². The fourth-order valence-corrected chi connectivity index (χ4v) is 3.36. The van der Waals surface area contributed by atoms with Crippen LogP contribution in [0.5, 0.6) is 11.5 Å². The van der Waals surface area contributed by atoms with Gasteiger partial charge in [-0.15, -0.1) is 0 Å². The number of hydrogen-bond donors (Lipinski definition) is 0. The molecule has 0 aliphatic heterocycles. The molecule has 3 rings (SSSR count). The Hall–Kier alpha value is -2.22. The normalized spacial score (nSPS) is 11.2. The van der Waals surface area contributed by atoms with Crippen molar-refractivity contribution in [3.8, 4) is 11.5 Å². The molecule has 138 valence electrons. The van der Waals surface area contributed by atoms with Crippen molar-refractivity contribution in [1.29, 1.82) is 0 Å². The van der Waals surface area contributed by atoms with Crippen LogP contribution in [0.3, 0.4) is 0 Å². The monoisotopic (exact) mass is 350 g/mol. The predicted molar refractivity (Wildman–Crippen MR) is 112 cm³/mol. The molecule has 0 fully saturated rings. The molecule has 0 bridgehead atoms. The number of hydrogen-bond acceptors (Lipinski definition) is 2. The van der Waals surface area contributed by atoms with Crippen molar-refractivity contribution in [2.45, 2.75) is 52.9 Å². The number of fused-ring (bicyclic) bond motifs is 2. The Labute approximate surface area is 157 Å². The van der Waals surface area contributed by atoms with E-state index in [1.54, 1.807) is 0 Å². The lowest BCUT2D eigenvalue weighted by molar-refractivity contribution is 0.302. The van der Waals surface area contributed by atoms with E-state index >= 15 is 0 Å². The first-order chi connectivity index (χ1) is 12.8. The summed E-state index contributed by atoms with van der Waals surface area (Å²) in [6.45, 7) is 8.07. The van der Waals surface area contributed by atoms with Gasteiger partial charge in [0.15, 0.2) is 0 Å². The molecule has 2 nitrogen and oxygen atoms in total. The van der Waals surface area contributed by atoms with Crippen LogP contribution < -0.4 is 9.47 Å². The molecule has 0 radical (unpaired) electrons. The Morgan fingerprint density at radius 2 is 1.42 bits per heavy atom. The van der Waals surface area contributed by atoms with E-state index in [1.165, 1.54) is 21.7 Å². The van der Waals surface area contributed by atoms with Crippen LogP contribution >= 0.6 is 0 Å². The van der Waals surface area contributed by atoms with Crippen molar-refractivity contribution in [1.82, 2.24) is 0 Å². The highest BCUT2D eigenvalue weighted by Crippen LogP contribution is 2.42. The Kier molecular flexibility index (Phi) is 6.38. The van der Waals surface area contributed by atoms with Crippen LogP contribution in [0.4, 0.5) is 0 Å². The second-order valence-electron chi connectivity index (χ2n) is 6.84. The molecule has 0 saturated carbocycles. The van der Waals surface area contributed by atoms with E-state index in [0.717, 1.165) is 62.2 Å². The van der Waals surface area contributed by atoms with Crippen molar-refractivity contribution in [2.24, 2.45) is 0 Å². The molecular weight excluding hydrogens is 320 g/mol. The summed E-state index contributed by atoms with van der Waals surface area (Å²) in [7, 11) is 0. The molecule has 2 heteroatoms. The van der Waals surface area contributed by atoms with Gasteiger partial charge in [0.25, 0.3) is 0 Å². The van der Waals surface area contributed by atoms with Crippen molar-refractivity contribution in [2.75, 3.05) is 13.2 Å². The van der Waals surface area contributed by atoms with Crippen molar-refractivity contribution in [3.63, 3.8) is 0 Å². The first kappa shape index (κ1) is 18.6. The molecule has 0 atom stereocenters.